The second-order valence-corrected chi connectivity index (χ2v) is 9.16. The second kappa shape index (κ2) is 12.7. The number of benzene rings is 1. The third kappa shape index (κ3) is 10.3. The number of esters is 1. The van der Waals surface area contributed by atoms with Crippen LogP contribution in [0.4, 0.5) is 0 Å². The molecule has 1 aromatic rings. The lowest BCUT2D eigenvalue weighted by Gasteiger charge is -2.24. The van der Waals surface area contributed by atoms with Gasteiger partial charge < -0.3 is 9.84 Å². The molecule has 27 heavy (non-hydrogen) atoms. The van der Waals surface area contributed by atoms with Gasteiger partial charge in [-0.2, -0.15) is 0 Å². The Morgan fingerprint density at radius 3 is 2.41 bits per heavy atom. The topological polar surface area (TPSA) is 89.9 Å². The molecule has 0 heterocycles. The second-order valence-electron chi connectivity index (χ2n) is 6.55. The average Bonchev–Trinajstić information content (AvgIpc) is 2.63. The molecule has 0 amide bonds. The van der Waals surface area contributed by atoms with Crippen molar-refractivity contribution in [2.45, 2.75) is 65.1 Å². The first kappa shape index (κ1) is 23.4. The molecule has 152 valence electrons. The minimum absolute atomic E-state index is 0.165. The summed E-state index contributed by atoms with van der Waals surface area (Å²) in [4.78, 5) is 22.8. The van der Waals surface area contributed by atoms with Crippen molar-refractivity contribution in [3.63, 3.8) is 0 Å². The largest absolute Gasteiger partial charge is 0.481 e. The molecule has 0 saturated carbocycles. The van der Waals surface area contributed by atoms with Crippen molar-refractivity contribution in [1.82, 2.24) is 0 Å². The van der Waals surface area contributed by atoms with Gasteiger partial charge in [-0.15, -0.1) is 0 Å². The quantitative estimate of drug-likeness (QED) is 0.208. The summed E-state index contributed by atoms with van der Waals surface area (Å²) in [6, 6.07) is 9.94. The zero-order chi connectivity index (χ0) is 20.1. The van der Waals surface area contributed by atoms with E-state index in [1.807, 2.05) is 37.3 Å². The minimum Gasteiger partial charge on any atom is -0.481 e. The van der Waals surface area contributed by atoms with Crippen molar-refractivity contribution < 1.29 is 28.5 Å². The predicted molar refractivity (Wildman–Crippen MR) is 105 cm³/mol. The maximum Gasteiger partial charge on any atom is 0.313 e. The van der Waals surface area contributed by atoms with E-state index in [1.54, 1.807) is 6.92 Å². The van der Waals surface area contributed by atoms with Gasteiger partial charge in [0.1, 0.15) is 6.16 Å². The Hall–Kier alpha value is -1.65. The normalized spacial score (nSPS) is 14.3. The number of ether oxygens (including phenoxy) is 1. The maximum absolute atomic E-state index is 13.1. The van der Waals surface area contributed by atoms with Crippen LogP contribution in [0.3, 0.4) is 0 Å². The lowest BCUT2D eigenvalue weighted by atomic mass is 10.1. The summed E-state index contributed by atoms with van der Waals surface area (Å²) in [6.07, 6.45) is 3.07. The molecule has 1 aromatic carbocycles. The molecule has 0 aliphatic heterocycles. The summed E-state index contributed by atoms with van der Waals surface area (Å²) < 4.78 is 23.9. The number of unbranched alkanes of at least 4 members (excludes halogenated alkanes) is 2. The summed E-state index contributed by atoms with van der Waals surface area (Å²) in [5.74, 6) is -1.61. The van der Waals surface area contributed by atoms with Gasteiger partial charge in [0, 0.05) is 19.0 Å². The van der Waals surface area contributed by atoms with E-state index in [2.05, 4.69) is 0 Å². The van der Waals surface area contributed by atoms with Crippen LogP contribution in [0.1, 0.15) is 57.9 Å². The number of carboxylic acids is 1. The van der Waals surface area contributed by atoms with E-state index in [9.17, 15) is 14.2 Å². The van der Waals surface area contributed by atoms with Crippen LogP contribution in [0.5, 0.6) is 0 Å². The number of hydrogen-bond donors (Lipinski definition) is 1. The van der Waals surface area contributed by atoms with E-state index >= 15 is 0 Å². The summed E-state index contributed by atoms with van der Waals surface area (Å²) in [5, 5.41) is 9.14. The van der Waals surface area contributed by atoms with Gasteiger partial charge in [-0.05, 0) is 31.2 Å². The van der Waals surface area contributed by atoms with Crippen LogP contribution in [0, 0.1) is 0 Å². The number of aliphatic carboxylic acids is 1. The number of carbonyl (C=O) groups excluding carboxylic acids is 1. The molecule has 7 heteroatoms. The number of aryl methyl sites for hydroxylation is 1. The fourth-order valence-electron chi connectivity index (χ4n) is 2.65. The highest BCUT2D eigenvalue weighted by molar-refractivity contribution is 7.59. The highest BCUT2D eigenvalue weighted by Crippen LogP contribution is 2.49. The molecule has 0 radical (unpaired) electrons. The summed E-state index contributed by atoms with van der Waals surface area (Å²) in [5.41, 5.74) is 1.18. The first-order valence-electron chi connectivity index (χ1n) is 9.60. The Balaban J connectivity index is 2.66. The van der Waals surface area contributed by atoms with Crippen LogP contribution in [-0.4, -0.2) is 35.7 Å². The zero-order valence-corrected chi connectivity index (χ0v) is 17.2. The number of carbonyl (C=O) groups is 2. The molecule has 0 fully saturated rings. The third-order valence-corrected chi connectivity index (χ3v) is 6.46. The monoisotopic (exact) mass is 398 g/mol. The molecule has 0 aromatic heterocycles. The van der Waals surface area contributed by atoms with Crippen LogP contribution < -0.4 is 0 Å². The standard InChI is InChI=1S/C20H31O6P/c1-3-5-14-20(25-19(23)4-2)26-27(24,16-18(21)22)15-10-9-13-17-11-7-6-8-12-17/h6-8,11-12,20H,3-5,9-10,13-16H2,1-2H3,(H,21,22). The zero-order valence-electron chi connectivity index (χ0n) is 16.3. The average molecular weight is 398 g/mol. The van der Waals surface area contributed by atoms with E-state index < -0.39 is 31.8 Å². The van der Waals surface area contributed by atoms with E-state index in [0.29, 0.717) is 12.8 Å². The molecular weight excluding hydrogens is 367 g/mol. The van der Waals surface area contributed by atoms with Crippen molar-refractivity contribution in [3.05, 3.63) is 35.9 Å². The molecule has 1 N–H and O–H groups in total. The summed E-state index contributed by atoms with van der Waals surface area (Å²) >= 11 is 0. The van der Waals surface area contributed by atoms with Crippen LogP contribution >= 0.6 is 7.37 Å². The van der Waals surface area contributed by atoms with Crippen molar-refractivity contribution in [2.24, 2.45) is 0 Å². The fourth-order valence-corrected chi connectivity index (χ4v) is 4.68. The Kier molecular flexibility index (Phi) is 11.0. The van der Waals surface area contributed by atoms with E-state index in [4.69, 9.17) is 14.4 Å². The van der Waals surface area contributed by atoms with Crippen molar-refractivity contribution in [1.29, 1.82) is 0 Å². The number of hydrogen-bond acceptors (Lipinski definition) is 5. The van der Waals surface area contributed by atoms with Gasteiger partial charge in [-0.1, -0.05) is 50.6 Å². The molecule has 0 spiro atoms. The van der Waals surface area contributed by atoms with Crippen LogP contribution in [0.25, 0.3) is 0 Å². The highest BCUT2D eigenvalue weighted by atomic mass is 31.2. The molecule has 0 bridgehead atoms. The minimum atomic E-state index is -3.44. The molecule has 2 unspecified atom stereocenters. The van der Waals surface area contributed by atoms with Crippen LogP contribution in [0.15, 0.2) is 30.3 Å². The van der Waals surface area contributed by atoms with Gasteiger partial charge in [0.2, 0.25) is 13.7 Å². The highest BCUT2D eigenvalue weighted by Gasteiger charge is 2.31. The molecule has 2 atom stereocenters. The first-order chi connectivity index (χ1) is 12.9. The summed E-state index contributed by atoms with van der Waals surface area (Å²) in [6.45, 7) is 3.65. The Morgan fingerprint density at radius 1 is 1.11 bits per heavy atom. The Bertz CT molecular complexity index is 616. The Labute approximate surface area is 161 Å². The summed E-state index contributed by atoms with van der Waals surface area (Å²) in [7, 11) is -3.44. The van der Waals surface area contributed by atoms with E-state index in [-0.39, 0.29) is 12.6 Å². The molecule has 6 nitrogen and oxygen atoms in total. The van der Waals surface area contributed by atoms with Crippen LogP contribution in [-0.2, 0) is 29.8 Å². The fraction of sp³-hybridized carbons (Fsp3) is 0.600. The van der Waals surface area contributed by atoms with E-state index in [1.165, 1.54) is 5.56 Å². The predicted octanol–water partition coefficient (Wildman–Crippen LogP) is 4.86. The van der Waals surface area contributed by atoms with Gasteiger partial charge in [0.15, 0.2) is 0 Å². The van der Waals surface area contributed by atoms with Crippen molar-refractivity contribution in [2.75, 3.05) is 12.3 Å². The number of carboxylic acid groups (broad SMARTS) is 1. The smallest absolute Gasteiger partial charge is 0.313 e. The molecular formula is C20H31O6P. The lowest BCUT2D eigenvalue weighted by molar-refractivity contribution is -0.164. The number of rotatable bonds is 14. The van der Waals surface area contributed by atoms with Crippen molar-refractivity contribution >= 4 is 19.3 Å². The van der Waals surface area contributed by atoms with E-state index in [0.717, 1.165) is 25.7 Å². The van der Waals surface area contributed by atoms with Crippen molar-refractivity contribution in [3.8, 4) is 0 Å². The van der Waals surface area contributed by atoms with Gasteiger partial charge in [-0.25, -0.2) is 0 Å². The maximum atomic E-state index is 13.1. The molecule has 0 saturated heterocycles. The van der Waals surface area contributed by atoms with Crippen LogP contribution in [0.2, 0.25) is 0 Å². The van der Waals surface area contributed by atoms with Gasteiger partial charge in [0.25, 0.3) is 0 Å². The molecule has 0 aliphatic carbocycles. The van der Waals surface area contributed by atoms with Gasteiger partial charge in [0.05, 0.1) is 0 Å². The van der Waals surface area contributed by atoms with Gasteiger partial charge in [-0.3, -0.25) is 18.7 Å². The Morgan fingerprint density at radius 2 is 1.81 bits per heavy atom. The molecule has 1 rings (SSSR count). The lowest BCUT2D eigenvalue weighted by Crippen LogP contribution is -2.22. The molecule has 0 aliphatic rings. The third-order valence-electron chi connectivity index (χ3n) is 4.09. The SMILES string of the molecule is CCCCC(OC(=O)CC)OP(=O)(CCCCc1ccccc1)CC(=O)O. The van der Waals surface area contributed by atoms with Gasteiger partial charge >= 0.3 is 11.9 Å². The first-order valence-corrected chi connectivity index (χ1v) is 11.6.